The number of aromatic nitrogens is 1. The van der Waals surface area contributed by atoms with Crippen molar-refractivity contribution < 1.29 is 9.47 Å². The number of ether oxygens (including phenoxy) is 2. The molecular formula is C9H15NO3S. The molecule has 1 heterocycles. The van der Waals surface area contributed by atoms with Gasteiger partial charge >= 0.3 is 4.87 Å². The van der Waals surface area contributed by atoms with Crippen molar-refractivity contribution in [2.24, 2.45) is 0 Å². The second kappa shape index (κ2) is 5.95. The van der Waals surface area contributed by atoms with Crippen LogP contribution in [0.15, 0.2) is 16.4 Å². The van der Waals surface area contributed by atoms with Crippen LogP contribution in [-0.4, -0.2) is 24.1 Å². The minimum absolute atomic E-state index is 0.0226. The van der Waals surface area contributed by atoms with Crippen LogP contribution < -0.4 is 4.87 Å². The predicted octanol–water partition coefficient (Wildman–Crippen LogP) is 1.31. The molecule has 0 unspecified atom stereocenters. The Morgan fingerprint density at radius 3 is 2.50 bits per heavy atom. The van der Waals surface area contributed by atoms with Crippen molar-refractivity contribution in [1.29, 1.82) is 0 Å². The van der Waals surface area contributed by atoms with E-state index in [4.69, 9.17) is 9.47 Å². The topological polar surface area (TPSA) is 40.5 Å². The van der Waals surface area contributed by atoms with Crippen LogP contribution in [0.1, 0.15) is 13.8 Å². The van der Waals surface area contributed by atoms with Gasteiger partial charge in [0.2, 0.25) is 0 Å². The lowest BCUT2D eigenvalue weighted by molar-refractivity contribution is -0.143. The summed E-state index contributed by atoms with van der Waals surface area (Å²) in [4.78, 5) is 11.3. The van der Waals surface area contributed by atoms with E-state index in [1.54, 1.807) is 16.1 Å². The molecule has 0 saturated heterocycles. The number of nitrogens with zero attached hydrogens (tertiary/aromatic N) is 1. The number of hydrogen-bond donors (Lipinski definition) is 0. The lowest BCUT2D eigenvalue weighted by atomic mass is 10.6. The molecule has 14 heavy (non-hydrogen) atoms. The smallest absolute Gasteiger partial charge is 0.307 e. The van der Waals surface area contributed by atoms with Gasteiger partial charge in [-0.1, -0.05) is 11.3 Å². The summed E-state index contributed by atoms with van der Waals surface area (Å²) in [5.41, 5.74) is 0. The molecule has 5 heteroatoms. The maximum atomic E-state index is 11.2. The SMILES string of the molecule is CCOC(Cn1ccsc1=O)OCC. The first-order chi connectivity index (χ1) is 6.77. The second-order valence-electron chi connectivity index (χ2n) is 2.66. The van der Waals surface area contributed by atoms with Gasteiger partial charge in [0.1, 0.15) is 0 Å². The summed E-state index contributed by atoms with van der Waals surface area (Å²) in [5.74, 6) is 0. The summed E-state index contributed by atoms with van der Waals surface area (Å²) in [5, 5.41) is 1.76. The standard InChI is InChI=1S/C9H15NO3S/c1-3-12-8(13-4-2)7-10-5-6-14-9(10)11/h5-6,8H,3-4,7H2,1-2H3. The van der Waals surface area contributed by atoms with Crippen LogP contribution in [0.3, 0.4) is 0 Å². The Morgan fingerprint density at radius 1 is 1.43 bits per heavy atom. The number of rotatable bonds is 6. The fraction of sp³-hybridized carbons (Fsp3) is 0.667. The second-order valence-corrected chi connectivity index (χ2v) is 3.52. The summed E-state index contributed by atoms with van der Waals surface area (Å²) in [6, 6.07) is 0. The molecule has 0 aromatic carbocycles. The van der Waals surface area contributed by atoms with Crippen molar-refractivity contribution in [2.45, 2.75) is 26.7 Å². The van der Waals surface area contributed by atoms with Crippen molar-refractivity contribution in [3.63, 3.8) is 0 Å². The lowest BCUT2D eigenvalue weighted by Gasteiger charge is -2.16. The molecule has 0 amide bonds. The van der Waals surface area contributed by atoms with Crippen LogP contribution >= 0.6 is 11.3 Å². The average Bonchev–Trinajstić information content (AvgIpc) is 2.53. The Kier molecular flexibility index (Phi) is 4.86. The first-order valence-corrected chi connectivity index (χ1v) is 5.53. The highest BCUT2D eigenvalue weighted by Crippen LogP contribution is 1.99. The van der Waals surface area contributed by atoms with Gasteiger partial charge in [0, 0.05) is 24.8 Å². The Labute approximate surface area is 87.1 Å². The van der Waals surface area contributed by atoms with Crippen molar-refractivity contribution in [3.8, 4) is 0 Å². The molecule has 0 aliphatic rings. The van der Waals surface area contributed by atoms with E-state index in [1.807, 2.05) is 13.8 Å². The van der Waals surface area contributed by atoms with Crippen LogP contribution in [0.2, 0.25) is 0 Å². The fourth-order valence-electron chi connectivity index (χ4n) is 1.11. The summed E-state index contributed by atoms with van der Waals surface area (Å²) < 4.78 is 12.3. The molecule has 1 aromatic rings. The van der Waals surface area contributed by atoms with Gasteiger partial charge in [-0.05, 0) is 13.8 Å². The maximum absolute atomic E-state index is 11.2. The Bertz CT molecular complexity index is 301. The van der Waals surface area contributed by atoms with Gasteiger partial charge in [-0.25, -0.2) is 0 Å². The quantitative estimate of drug-likeness (QED) is 0.674. The van der Waals surface area contributed by atoms with E-state index in [-0.39, 0.29) is 11.2 Å². The molecule has 0 spiro atoms. The normalized spacial score (nSPS) is 11.1. The largest absolute Gasteiger partial charge is 0.351 e. The fourth-order valence-corrected chi connectivity index (χ4v) is 1.71. The third-order valence-electron chi connectivity index (χ3n) is 1.70. The van der Waals surface area contributed by atoms with Crippen LogP contribution in [0.5, 0.6) is 0 Å². The van der Waals surface area contributed by atoms with Gasteiger partial charge < -0.3 is 14.0 Å². The zero-order valence-electron chi connectivity index (χ0n) is 8.43. The van der Waals surface area contributed by atoms with E-state index >= 15 is 0 Å². The minimum Gasteiger partial charge on any atom is -0.351 e. The summed E-state index contributed by atoms with van der Waals surface area (Å²) in [7, 11) is 0. The molecule has 0 bridgehead atoms. The predicted molar refractivity (Wildman–Crippen MR) is 55.6 cm³/mol. The molecule has 1 rings (SSSR count). The Balaban J connectivity index is 2.55. The summed E-state index contributed by atoms with van der Waals surface area (Å²) in [6.45, 7) is 5.45. The Morgan fingerprint density at radius 2 is 2.07 bits per heavy atom. The van der Waals surface area contributed by atoms with Gasteiger partial charge in [-0.2, -0.15) is 0 Å². The van der Waals surface area contributed by atoms with Gasteiger partial charge in [0.15, 0.2) is 6.29 Å². The van der Waals surface area contributed by atoms with E-state index in [0.717, 1.165) is 0 Å². The van der Waals surface area contributed by atoms with Crippen LogP contribution in [0.25, 0.3) is 0 Å². The van der Waals surface area contributed by atoms with Gasteiger partial charge in [0.25, 0.3) is 0 Å². The molecule has 4 nitrogen and oxygen atoms in total. The molecule has 80 valence electrons. The van der Waals surface area contributed by atoms with E-state index < -0.39 is 0 Å². The molecule has 0 aliphatic heterocycles. The van der Waals surface area contributed by atoms with E-state index in [9.17, 15) is 4.79 Å². The van der Waals surface area contributed by atoms with Gasteiger partial charge in [0.05, 0.1) is 6.54 Å². The van der Waals surface area contributed by atoms with E-state index in [0.29, 0.717) is 19.8 Å². The molecule has 0 saturated carbocycles. The van der Waals surface area contributed by atoms with Crippen molar-refractivity contribution >= 4 is 11.3 Å². The van der Waals surface area contributed by atoms with E-state index in [1.165, 1.54) is 11.3 Å². The van der Waals surface area contributed by atoms with Crippen LogP contribution in [-0.2, 0) is 16.0 Å². The molecule has 0 atom stereocenters. The Hall–Kier alpha value is -0.650. The third-order valence-corrected chi connectivity index (χ3v) is 2.39. The molecule has 0 aliphatic carbocycles. The first kappa shape index (κ1) is 11.4. The van der Waals surface area contributed by atoms with Gasteiger partial charge in [-0.15, -0.1) is 0 Å². The first-order valence-electron chi connectivity index (χ1n) is 4.65. The monoisotopic (exact) mass is 217 g/mol. The van der Waals surface area contributed by atoms with Crippen LogP contribution in [0, 0.1) is 0 Å². The number of hydrogen-bond acceptors (Lipinski definition) is 4. The molecule has 0 radical (unpaired) electrons. The summed E-state index contributed by atoms with van der Waals surface area (Å²) in [6.07, 6.45) is 1.43. The van der Waals surface area contributed by atoms with Gasteiger partial charge in [-0.3, -0.25) is 4.79 Å². The maximum Gasteiger partial charge on any atom is 0.307 e. The zero-order valence-corrected chi connectivity index (χ0v) is 9.25. The number of thiazole rings is 1. The third kappa shape index (κ3) is 3.25. The molecular weight excluding hydrogens is 202 g/mol. The van der Waals surface area contributed by atoms with Crippen molar-refractivity contribution in [1.82, 2.24) is 4.57 Å². The summed E-state index contributed by atoms with van der Waals surface area (Å²) >= 11 is 1.18. The highest BCUT2D eigenvalue weighted by molar-refractivity contribution is 7.07. The average molecular weight is 217 g/mol. The van der Waals surface area contributed by atoms with Crippen molar-refractivity contribution in [3.05, 3.63) is 21.2 Å². The van der Waals surface area contributed by atoms with E-state index in [2.05, 4.69) is 0 Å². The van der Waals surface area contributed by atoms with Crippen LogP contribution in [0.4, 0.5) is 0 Å². The zero-order chi connectivity index (χ0) is 10.4. The van der Waals surface area contributed by atoms with Crippen molar-refractivity contribution in [2.75, 3.05) is 13.2 Å². The highest BCUT2D eigenvalue weighted by Gasteiger charge is 2.09. The molecule has 0 fully saturated rings. The lowest BCUT2D eigenvalue weighted by Crippen LogP contribution is -2.27. The minimum atomic E-state index is -0.322. The molecule has 0 N–H and O–H groups in total. The highest BCUT2D eigenvalue weighted by atomic mass is 32.1. The molecule has 1 aromatic heterocycles.